The fourth-order valence-corrected chi connectivity index (χ4v) is 3.64. The SMILES string of the molecule is COCC1(CN2CC(C)CCC2C)CCNCC1. The van der Waals surface area contributed by atoms with E-state index < -0.39 is 0 Å². The second-order valence-electron chi connectivity index (χ2n) is 6.64. The Labute approximate surface area is 112 Å². The molecule has 0 bridgehead atoms. The van der Waals surface area contributed by atoms with Crippen molar-refractivity contribution in [2.24, 2.45) is 11.3 Å². The van der Waals surface area contributed by atoms with Crippen molar-refractivity contribution in [3.05, 3.63) is 0 Å². The van der Waals surface area contributed by atoms with Crippen LogP contribution in [0, 0.1) is 11.3 Å². The summed E-state index contributed by atoms with van der Waals surface area (Å²) in [5, 5.41) is 3.48. The Hall–Kier alpha value is -0.120. The molecular weight excluding hydrogens is 224 g/mol. The molecule has 106 valence electrons. The van der Waals surface area contributed by atoms with Crippen LogP contribution in [0.2, 0.25) is 0 Å². The van der Waals surface area contributed by atoms with Gasteiger partial charge in [-0.2, -0.15) is 0 Å². The van der Waals surface area contributed by atoms with E-state index in [1.807, 2.05) is 7.11 Å². The Morgan fingerprint density at radius 1 is 1.22 bits per heavy atom. The number of likely N-dealkylation sites (tertiary alicyclic amines) is 1. The average molecular weight is 254 g/mol. The van der Waals surface area contributed by atoms with E-state index in [1.54, 1.807) is 0 Å². The van der Waals surface area contributed by atoms with Crippen molar-refractivity contribution in [3.63, 3.8) is 0 Å². The summed E-state index contributed by atoms with van der Waals surface area (Å²) in [6.45, 7) is 10.5. The zero-order valence-electron chi connectivity index (χ0n) is 12.4. The molecule has 2 aliphatic heterocycles. The molecular formula is C15H30N2O. The van der Waals surface area contributed by atoms with Gasteiger partial charge >= 0.3 is 0 Å². The van der Waals surface area contributed by atoms with Gasteiger partial charge in [0.25, 0.3) is 0 Å². The van der Waals surface area contributed by atoms with Gasteiger partial charge in [-0.15, -0.1) is 0 Å². The van der Waals surface area contributed by atoms with E-state index in [1.165, 1.54) is 38.8 Å². The highest BCUT2D eigenvalue weighted by Gasteiger charge is 2.36. The number of methoxy groups -OCH3 is 1. The van der Waals surface area contributed by atoms with Gasteiger partial charge in [0, 0.05) is 31.7 Å². The first-order chi connectivity index (χ1) is 8.65. The van der Waals surface area contributed by atoms with Gasteiger partial charge in [-0.3, -0.25) is 4.90 Å². The van der Waals surface area contributed by atoms with Gasteiger partial charge < -0.3 is 10.1 Å². The van der Waals surface area contributed by atoms with Crippen LogP contribution in [-0.2, 0) is 4.74 Å². The first kappa shape index (κ1) is 14.3. The van der Waals surface area contributed by atoms with Crippen LogP contribution in [0.3, 0.4) is 0 Å². The van der Waals surface area contributed by atoms with Crippen LogP contribution in [0.5, 0.6) is 0 Å². The maximum Gasteiger partial charge on any atom is 0.0531 e. The molecule has 3 heteroatoms. The predicted molar refractivity (Wildman–Crippen MR) is 75.8 cm³/mol. The summed E-state index contributed by atoms with van der Waals surface area (Å²) in [6, 6.07) is 0.754. The molecule has 0 radical (unpaired) electrons. The second-order valence-corrected chi connectivity index (χ2v) is 6.64. The first-order valence-corrected chi connectivity index (χ1v) is 7.59. The Balaban J connectivity index is 1.98. The molecule has 2 rings (SSSR count). The summed E-state index contributed by atoms with van der Waals surface area (Å²) in [6.07, 6.45) is 5.29. The van der Waals surface area contributed by atoms with Gasteiger partial charge in [-0.1, -0.05) is 6.92 Å². The highest BCUT2D eigenvalue weighted by molar-refractivity contribution is 4.90. The van der Waals surface area contributed by atoms with Crippen molar-refractivity contribution in [1.82, 2.24) is 10.2 Å². The molecule has 1 N–H and O–H groups in total. The van der Waals surface area contributed by atoms with Crippen molar-refractivity contribution < 1.29 is 4.74 Å². The Kier molecular flexibility index (Phi) is 5.05. The molecule has 2 unspecified atom stereocenters. The minimum atomic E-state index is 0.394. The quantitative estimate of drug-likeness (QED) is 0.832. The van der Waals surface area contributed by atoms with Gasteiger partial charge in [-0.25, -0.2) is 0 Å². The standard InChI is InChI=1S/C15H30N2O/c1-13-4-5-14(2)17(10-13)11-15(12-18-3)6-8-16-9-7-15/h13-14,16H,4-12H2,1-3H3. The molecule has 18 heavy (non-hydrogen) atoms. The molecule has 2 aliphatic rings. The molecule has 3 nitrogen and oxygen atoms in total. The molecule has 0 aromatic heterocycles. The van der Waals surface area contributed by atoms with Crippen LogP contribution in [-0.4, -0.2) is 50.8 Å². The topological polar surface area (TPSA) is 24.5 Å². The van der Waals surface area contributed by atoms with Crippen LogP contribution in [0.1, 0.15) is 39.5 Å². The second kappa shape index (κ2) is 6.36. The van der Waals surface area contributed by atoms with E-state index >= 15 is 0 Å². The highest BCUT2D eigenvalue weighted by atomic mass is 16.5. The molecule has 2 heterocycles. The van der Waals surface area contributed by atoms with E-state index in [9.17, 15) is 0 Å². The first-order valence-electron chi connectivity index (χ1n) is 7.59. The highest BCUT2D eigenvalue weighted by Crippen LogP contribution is 2.33. The zero-order valence-corrected chi connectivity index (χ0v) is 12.4. The number of nitrogens with one attached hydrogen (secondary N) is 1. The van der Waals surface area contributed by atoms with Crippen molar-refractivity contribution >= 4 is 0 Å². The number of nitrogens with zero attached hydrogens (tertiary/aromatic N) is 1. The summed E-state index contributed by atoms with van der Waals surface area (Å²) in [4.78, 5) is 2.72. The van der Waals surface area contributed by atoms with Gasteiger partial charge in [-0.05, 0) is 51.6 Å². The van der Waals surface area contributed by atoms with Crippen LogP contribution in [0.4, 0.5) is 0 Å². The number of rotatable bonds is 4. The summed E-state index contributed by atoms with van der Waals surface area (Å²) in [5.74, 6) is 0.863. The Morgan fingerprint density at radius 2 is 1.94 bits per heavy atom. The van der Waals surface area contributed by atoms with Crippen LogP contribution in [0.15, 0.2) is 0 Å². The van der Waals surface area contributed by atoms with E-state index in [4.69, 9.17) is 4.74 Å². The summed E-state index contributed by atoms with van der Waals surface area (Å²) >= 11 is 0. The van der Waals surface area contributed by atoms with Crippen LogP contribution >= 0.6 is 0 Å². The average Bonchev–Trinajstić information content (AvgIpc) is 2.35. The molecule has 0 aliphatic carbocycles. The Morgan fingerprint density at radius 3 is 2.61 bits per heavy atom. The maximum atomic E-state index is 5.53. The minimum absolute atomic E-state index is 0.394. The molecule has 0 aromatic rings. The van der Waals surface area contributed by atoms with E-state index in [2.05, 4.69) is 24.1 Å². The van der Waals surface area contributed by atoms with Crippen LogP contribution < -0.4 is 5.32 Å². The van der Waals surface area contributed by atoms with Crippen molar-refractivity contribution in [2.75, 3.05) is 39.9 Å². The number of ether oxygens (including phenoxy) is 1. The molecule has 2 fully saturated rings. The molecule has 0 spiro atoms. The van der Waals surface area contributed by atoms with E-state index in [-0.39, 0.29) is 0 Å². The van der Waals surface area contributed by atoms with Gasteiger partial charge in [0.05, 0.1) is 6.61 Å². The normalized spacial score (nSPS) is 33.5. The number of piperidine rings is 2. The Bertz CT molecular complexity index is 245. The zero-order chi connectivity index (χ0) is 13.0. The monoisotopic (exact) mass is 254 g/mol. The summed E-state index contributed by atoms with van der Waals surface area (Å²) < 4.78 is 5.53. The van der Waals surface area contributed by atoms with Gasteiger partial charge in [0.15, 0.2) is 0 Å². The summed E-state index contributed by atoms with van der Waals surface area (Å²) in [5.41, 5.74) is 0.394. The van der Waals surface area contributed by atoms with Crippen molar-refractivity contribution in [2.45, 2.75) is 45.6 Å². The third kappa shape index (κ3) is 3.46. The molecule has 0 amide bonds. The van der Waals surface area contributed by atoms with Crippen LogP contribution in [0.25, 0.3) is 0 Å². The summed E-state index contributed by atoms with van der Waals surface area (Å²) in [7, 11) is 1.85. The lowest BCUT2D eigenvalue weighted by molar-refractivity contribution is -0.00272. The maximum absolute atomic E-state index is 5.53. The van der Waals surface area contributed by atoms with Crippen molar-refractivity contribution in [1.29, 1.82) is 0 Å². The number of hydrogen-bond acceptors (Lipinski definition) is 3. The van der Waals surface area contributed by atoms with Gasteiger partial charge in [0.1, 0.15) is 0 Å². The third-order valence-corrected chi connectivity index (χ3v) is 4.90. The largest absolute Gasteiger partial charge is 0.384 e. The number of hydrogen-bond donors (Lipinski definition) is 1. The molecule has 2 atom stereocenters. The molecule has 0 aromatic carbocycles. The molecule has 2 saturated heterocycles. The van der Waals surface area contributed by atoms with Gasteiger partial charge in [0.2, 0.25) is 0 Å². The minimum Gasteiger partial charge on any atom is -0.384 e. The third-order valence-electron chi connectivity index (χ3n) is 4.90. The predicted octanol–water partition coefficient (Wildman–Crippen LogP) is 2.12. The lowest BCUT2D eigenvalue weighted by atomic mass is 9.78. The van der Waals surface area contributed by atoms with Crippen molar-refractivity contribution in [3.8, 4) is 0 Å². The molecule has 0 saturated carbocycles. The lowest BCUT2D eigenvalue weighted by Gasteiger charge is -2.45. The smallest absolute Gasteiger partial charge is 0.0531 e. The fourth-order valence-electron chi connectivity index (χ4n) is 3.64. The van der Waals surface area contributed by atoms with E-state index in [0.29, 0.717) is 5.41 Å². The lowest BCUT2D eigenvalue weighted by Crippen LogP contribution is -2.51. The van der Waals surface area contributed by atoms with E-state index in [0.717, 1.165) is 31.7 Å². The fraction of sp³-hybridized carbons (Fsp3) is 1.00.